The Bertz CT molecular complexity index is 688. The summed E-state index contributed by atoms with van der Waals surface area (Å²) < 4.78 is 113. The first-order valence-corrected chi connectivity index (χ1v) is 9.72. The fourth-order valence-corrected chi connectivity index (χ4v) is 2.54. The van der Waals surface area contributed by atoms with Crippen LogP contribution in [0.25, 0.3) is 0 Å². The van der Waals surface area contributed by atoms with Crippen LogP contribution in [0.4, 0.5) is 26.7 Å². The Labute approximate surface area is 162 Å². The maximum atomic E-state index is 13.5. The van der Waals surface area contributed by atoms with Crippen LogP contribution >= 0.6 is 0 Å². The standard InChI is InChI=1S/C14H19F5O9S/c1-2-25-10(20)13(14(17,18)19,26-8-12(15,16)29(22,23)24)28-11(21)27-9-6-4-3-5-7-9/h9H,2-8H2,1H3,(H,22,23,24). The van der Waals surface area contributed by atoms with E-state index in [0.717, 1.165) is 13.3 Å². The summed E-state index contributed by atoms with van der Waals surface area (Å²) in [7, 11) is -6.21. The van der Waals surface area contributed by atoms with Gasteiger partial charge in [0.1, 0.15) is 12.7 Å². The molecule has 0 spiro atoms. The largest absolute Gasteiger partial charge is 0.511 e. The van der Waals surface area contributed by atoms with Crippen molar-refractivity contribution in [3.05, 3.63) is 0 Å². The highest BCUT2D eigenvalue weighted by molar-refractivity contribution is 7.86. The molecule has 1 atom stereocenters. The molecule has 0 amide bonds. The van der Waals surface area contributed by atoms with E-state index in [4.69, 9.17) is 4.55 Å². The van der Waals surface area contributed by atoms with Crippen molar-refractivity contribution in [2.24, 2.45) is 0 Å². The van der Waals surface area contributed by atoms with E-state index in [0.29, 0.717) is 25.7 Å². The van der Waals surface area contributed by atoms with Crippen molar-refractivity contribution in [3.63, 3.8) is 0 Å². The summed E-state index contributed by atoms with van der Waals surface area (Å²) in [5, 5.41) is -5.26. The van der Waals surface area contributed by atoms with Crippen LogP contribution in [0, 0.1) is 0 Å². The molecule has 0 aromatic carbocycles. The number of carbonyl (C=O) groups excluding carboxylic acids is 2. The van der Waals surface area contributed by atoms with Gasteiger partial charge in [-0.3, -0.25) is 4.55 Å². The van der Waals surface area contributed by atoms with Crippen molar-refractivity contribution in [2.75, 3.05) is 13.2 Å². The van der Waals surface area contributed by atoms with Crippen LogP contribution in [0.1, 0.15) is 39.0 Å². The van der Waals surface area contributed by atoms with Gasteiger partial charge in [0.15, 0.2) is 0 Å². The monoisotopic (exact) mass is 458 g/mol. The normalized spacial score (nSPS) is 18.6. The van der Waals surface area contributed by atoms with Crippen LogP contribution < -0.4 is 0 Å². The molecular formula is C14H19F5O9S. The Morgan fingerprint density at radius 1 is 1.07 bits per heavy atom. The van der Waals surface area contributed by atoms with Crippen LogP contribution in [0.5, 0.6) is 0 Å². The van der Waals surface area contributed by atoms with E-state index in [1.54, 1.807) is 0 Å². The van der Waals surface area contributed by atoms with Crippen molar-refractivity contribution in [2.45, 2.75) is 62.3 Å². The highest BCUT2D eigenvalue weighted by Crippen LogP contribution is 2.38. The smallest absolute Gasteiger partial charge is 0.461 e. The summed E-state index contributed by atoms with van der Waals surface area (Å²) in [5.74, 6) is -7.19. The van der Waals surface area contributed by atoms with Gasteiger partial charge in [0.2, 0.25) is 0 Å². The van der Waals surface area contributed by atoms with E-state index >= 15 is 0 Å². The fraction of sp³-hybridized carbons (Fsp3) is 0.857. The van der Waals surface area contributed by atoms with E-state index < -0.39 is 58.8 Å². The molecular weight excluding hydrogens is 439 g/mol. The minimum atomic E-state index is -6.21. The number of hydrogen-bond donors (Lipinski definition) is 1. The predicted molar refractivity (Wildman–Crippen MR) is 82.3 cm³/mol. The first-order chi connectivity index (χ1) is 13.2. The van der Waals surface area contributed by atoms with Gasteiger partial charge in [-0.2, -0.15) is 30.4 Å². The van der Waals surface area contributed by atoms with Crippen LogP contribution in [0.3, 0.4) is 0 Å². The first kappa shape index (κ1) is 25.3. The van der Waals surface area contributed by atoms with Gasteiger partial charge in [-0.05, 0) is 32.6 Å². The third-order valence-corrected chi connectivity index (χ3v) is 4.65. The second-order valence-corrected chi connectivity index (χ2v) is 7.51. The van der Waals surface area contributed by atoms with Crippen LogP contribution in [0.2, 0.25) is 0 Å². The molecule has 0 heterocycles. The molecule has 15 heteroatoms. The zero-order valence-electron chi connectivity index (χ0n) is 15.0. The summed E-state index contributed by atoms with van der Waals surface area (Å²) in [6.45, 7) is -2.32. The predicted octanol–water partition coefficient (Wildman–Crippen LogP) is 2.79. The summed E-state index contributed by atoms with van der Waals surface area (Å²) in [4.78, 5) is 23.7. The van der Waals surface area contributed by atoms with E-state index in [9.17, 15) is 40.0 Å². The summed E-state index contributed by atoms with van der Waals surface area (Å²) in [6.07, 6.45) is -6.24. The van der Waals surface area contributed by atoms with Crippen molar-refractivity contribution in [1.29, 1.82) is 0 Å². The third-order valence-electron chi connectivity index (χ3n) is 3.78. The molecule has 1 saturated carbocycles. The van der Waals surface area contributed by atoms with Crippen molar-refractivity contribution in [3.8, 4) is 0 Å². The van der Waals surface area contributed by atoms with Crippen LogP contribution in [-0.4, -0.2) is 61.6 Å². The average molecular weight is 458 g/mol. The highest BCUT2D eigenvalue weighted by Gasteiger charge is 2.69. The number of rotatable bonds is 8. The molecule has 0 aliphatic heterocycles. The average Bonchev–Trinajstić information content (AvgIpc) is 2.57. The molecule has 0 saturated heterocycles. The number of alkyl halides is 5. The van der Waals surface area contributed by atoms with Crippen molar-refractivity contribution < 1.29 is 63.5 Å². The first-order valence-electron chi connectivity index (χ1n) is 8.28. The second-order valence-electron chi connectivity index (χ2n) is 5.97. The van der Waals surface area contributed by atoms with Gasteiger partial charge in [-0.1, -0.05) is 6.42 Å². The maximum Gasteiger partial charge on any atom is 0.511 e. The molecule has 170 valence electrons. The molecule has 0 aromatic heterocycles. The maximum absolute atomic E-state index is 13.5. The molecule has 1 aliphatic rings. The molecule has 9 nitrogen and oxygen atoms in total. The molecule has 1 fully saturated rings. The van der Waals surface area contributed by atoms with Gasteiger partial charge >= 0.3 is 39.5 Å². The number of esters is 1. The number of carbonyl (C=O) groups is 2. The van der Waals surface area contributed by atoms with E-state index in [1.807, 2.05) is 0 Å². The lowest BCUT2D eigenvalue weighted by Gasteiger charge is -2.33. The minimum Gasteiger partial charge on any atom is -0.461 e. The van der Waals surface area contributed by atoms with Gasteiger partial charge in [0.25, 0.3) is 0 Å². The minimum absolute atomic E-state index is 0.301. The van der Waals surface area contributed by atoms with Gasteiger partial charge < -0.3 is 18.9 Å². The molecule has 1 N–H and O–H groups in total. The van der Waals surface area contributed by atoms with Crippen LogP contribution in [-0.2, 0) is 33.9 Å². The zero-order valence-corrected chi connectivity index (χ0v) is 15.9. The Balaban J connectivity index is 3.16. The summed E-state index contributed by atoms with van der Waals surface area (Å²) >= 11 is 0. The highest BCUT2D eigenvalue weighted by atomic mass is 32.2. The SMILES string of the molecule is CCOC(=O)C(OCC(F)(F)S(=O)(=O)O)(OC(=O)OC1CCCCC1)C(F)(F)F. The van der Waals surface area contributed by atoms with Gasteiger partial charge in [-0.25, -0.2) is 9.59 Å². The molecule has 0 radical (unpaired) electrons. The van der Waals surface area contributed by atoms with Gasteiger partial charge in [0.05, 0.1) is 6.61 Å². The number of ether oxygens (including phenoxy) is 4. The quantitative estimate of drug-likeness (QED) is 0.253. The van der Waals surface area contributed by atoms with E-state index in [1.165, 1.54) is 0 Å². The topological polar surface area (TPSA) is 125 Å². The lowest BCUT2D eigenvalue weighted by atomic mass is 9.98. The Morgan fingerprint density at radius 2 is 1.62 bits per heavy atom. The van der Waals surface area contributed by atoms with E-state index in [2.05, 4.69) is 18.9 Å². The summed E-state index contributed by atoms with van der Waals surface area (Å²) in [6, 6.07) is 0. The third kappa shape index (κ3) is 6.37. The van der Waals surface area contributed by atoms with Gasteiger partial charge in [-0.15, -0.1) is 0 Å². The molecule has 1 unspecified atom stereocenters. The lowest BCUT2D eigenvalue weighted by molar-refractivity contribution is -0.359. The molecule has 0 bridgehead atoms. The second kappa shape index (κ2) is 9.38. The number of hydrogen-bond acceptors (Lipinski definition) is 8. The zero-order chi connectivity index (χ0) is 22.5. The number of halogens is 5. The molecule has 29 heavy (non-hydrogen) atoms. The van der Waals surface area contributed by atoms with E-state index in [-0.39, 0.29) is 0 Å². The Kier molecular flexibility index (Phi) is 8.18. The molecule has 1 rings (SSSR count). The lowest BCUT2D eigenvalue weighted by Crippen LogP contribution is -2.59. The van der Waals surface area contributed by atoms with Crippen LogP contribution in [0.15, 0.2) is 0 Å². The van der Waals surface area contributed by atoms with Crippen molar-refractivity contribution >= 4 is 22.2 Å². The van der Waals surface area contributed by atoms with Crippen molar-refractivity contribution in [1.82, 2.24) is 0 Å². The Hall–Kier alpha value is -1.74. The molecule has 1 aliphatic carbocycles. The van der Waals surface area contributed by atoms with Gasteiger partial charge in [0, 0.05) is 0 Å². The fourth-order valence-electron chi connectivity index (χ4n) is 2.33. The molecule has 0 aromatic rings. The summed E-state index contributed by atoms with van der Waals surface area (Å²) in [5.41, 5.74) is 0. The Morgan fingerprint density at radius 3 is 2.07 bits per heavy atom.